The first-order valence-electron chi connectivity index (χ1n) is 8.61. The van der Waals surface area contributed by atoms with E-state index in [4.69, 9.17) is 4.42 Å². The van der Waals surface area contributed by atoms with Gasteiger partial charge in [0, 0.05) is 19.5 Å². The topological polar surface area (TPSA) is 49.5 Å². The summed E-state index contributed by atoms with van der Waals surface area (Å²) in [6.07, 6.45) is 3.74. The molecule has 124 valence electrons. The largest absolute Gasteiger partial charge is 0.422 e. The molecule has 0 aliphatic carbocycles. The molecule has 0 amide bonds. The van der Waals surface area contributed by atoms with Gasteiger partial charge in [-0.25, -0.2) is 4.98 Å². The number of aliphatic hydroxyl groups excluding tert-OH is 1. The Kier molecular flexibility index (Phi) is 5.01. The average molecular weight is 314 g/mol. The molecule has 1 aromatic heterocycles. The third kappa shape index (κ3) is 3.75. The number of hydrogen-bond donors (Lipinski definition) is 1. The quantitative estimate of drug-likeness (QED) is 0.908. The average Bonchev–Trinajstić information content (AvgIpc) is 2.99. The fourth-order valence-electron chi connectivity index (χ4n) is 3.02. The Bertz CT molecular complexity index is 616. The minimum Gasteiger partial charge on any atom is -0.422 e. The molecule has 0 saturated carbocycles. The summed E-state index contributed by atoms with van der Waals surface area (Å²) in [4.78, 5) is 6.93. The normalized spacial score (nSPS) is 16.8. The molecule has 1 atom stereocenters. The fraction of sp³-hybridized carbons (Fsp3) is 0.526. The second kappa shape index (κ2) is 7.18. The number of nitrogens with zero attached hydrogens (tertiary/aromatic N) is 2. The molecule has 2 aromatic rings. The minimum atomic E-state index is -0.650. The zero-order chi connectivity index (χ0) is 16.2. The predicted molar refractivity (Wildman–Crippen MR) is 91.6 cm³/mol. The van der Waals surface area contributed by atoms with Crippen molar-refractivity contribution in [3.63, 3.8) is 0 Å². The van der Waals surface area contributed by atoms with Gasteiger partial charge in [-0.2, -0.15) is 0 Å². The number of anilines is 1. The summed E-state index contributed by atoms with van der Waals surface area (Å²) in [6, 6.07) is 10.3. The van der Waals surface area contributed by atoms with E-state index in [-0.39, 0.29) is 5.92 Å². The zero-order valence-electron chi connectivity index (χ0n) is 14.0. The maximum atomic E-state index is 10.3. The van der Waals surface area contributed by atoms with Gasteiger partial charge in [-0.3, -0.25) is 0 Å². The number of rotatable bonds is 5. The number of piperidine rings is 1. The molecule has 2 heterocycles. The molecule has 0 unspecified atom stereocenters. The van der Waals surface area contributed by atoms with E-state index in [1.54, 1.807) is 0 Å². The summed E-state index contributed by atoms with van der Waals surface area (Å²) < 4.78 is 6.01. The van der Waals surface area contributed by atoms with Crippen molar-refractivity contribution in [3.05, 3.63) is 47.5 Å². The predicted octanol–water partition coefficient (Wildman–Crippen LogP) is 3.95. The SMILES string of the molecule is CC(C)[C@H](O)c1nc(Cc2ccccc2)c(N2CCCCC2)o1. The van der Waals surface area contributed by atoms with E-state index < -0.39 is 6.10 Å². The Hall–Kier alpha value is -1.81. The summed E-state index contributed by atoms with van der Waals surface area (Å²) >= 11 is 0. The van der Waals surface area contributed by atoms with Crippen LogP contribution in [0.4, 0.5) is 5.88 Å². The minimum absolute atomic E-state index is 0.0902. The van der Waals surface area contributed by atoms with Crippen molar-refractivity contribution in [2.24, 2.45) is 5.92 Å². The molecular formula is C19H26N2O2. The fourth-order valence-corrected chi connectivity index (χ4v) is 3.02. The maximum Gasteiger partial charge on any atom is 0.226 e. The lowest BCUT2D eigenvalue weighted by molar-refractivity contribution is 0.0973. The Morgan fingerprint density at radius 2 is 1.83 bits per heavy atom. The van der Waals surface area contributed by atoms with Gasteiger partial charge < -0.3 is 14.4 Å². The van der Waals surface area contributed by atoms with Crippen molar-refractivity contribution >= 4 is 5.88 Å². The van der Waals surface area contributed by atoms with Gasteiger partial charge in [-0.05, 0) is 30.7 Å². The smallest absolute Gasteiger partial charge is 0.226 e. The van der Waals surface area contributed by atoms with Crippen LogP contribution < -0.4 is 4.90 Å². The van der Waals surface area contributed by atoms with Crippen LogP contribution in [0.2, 0.25) is 0 Å². The van der Waals surface area contributed by atoms with Crippen molar-refractivity contribution in [2.75, 3.05) is 18.0 Å². The number of hydrogen-bond acceptors (Lipinski definition) is 4. The molecule has 1 aromatic carbocycles. The van der Waals surface area contributed by atoms with Crippen molar-refractivity contribution < 1.29 is 9.52 Å². The summed E-state index contributed by atoms with van der Waals surface area (Å²) in [6.45, 7) is 5.97. The van der Waals surface area contributed by atoms with Crippen LogP contribution in [0.3, 0.4) is 0 Å². The molecule has 1 aliphatic heterocycles. The zero-order valence-corrected chi connectivity index (χ0v) is 14.0. The van der Waals surface area contributed by atoms with Gasteiger partial charge in [0.15, 0.2) is 0 Å². The molecule has 23 heavy (non-hydrogen) atoms. The highest BCUT2D eigenvalue weighted by Crippen LogP contribution is 2.31. The van der Waals surface area contributed by atoms with E-state index in [1.165, 1.54) is 24.8 Å². The summed E-state index contributed by atoms with van der Waals surface area (Å²) in [7, 11) is 0. The van der Waals surface area contributed by atoms with Gasteiger partial charge in [0.25, 0.3) is 0 Å². The molecule has 1 aliphatic rings. The Morgan fingerprint density at radius 1 is 1.13 bits per heavy atom. The van der Waals surface area contributed by atoms with E-state index >= 15 is 0 Å². The van der Waals surface area contributed by atoms with Crippen LogP contribution in [0.1, 0.15) is 56.4 Å². The highest BCUT2D eigenvalue weighted by molar-refractivity contribution is 5.44. The molecule has 0 spiro atoms. The van der Waals surface area contributed by atoms with Crippen LogP contribution in [0, 0.1) is 5.92 Å². The van der Waals surface area contributed by atoms with Gasteiger partial charge in [-0.1, -0.05) is 44.2 Å². The number of aromatic nitrogens is 1. The summed E-state index contributed by atoms with van der Waals surface area (Å²) in [5.74, 6) is 1.39. The Morgan fingerprint density at radius 3 is 2.48 bits per heavy atom. The van der Waals surface area contributed by atoms with Crippen LogP contribution in [-0.4, -0.2) is 23.2 Å². The Balaban J connectivity index is 1.91. The third-order valence-electron chi connectivity index (χ3n) is 4.44. The third-order valence-corrected chi connectivity index (χ3v) is 4.44. The first-order chi connectivity index (χ1) is 11.1. The van der Waals surface area contributed by atoms with Gasteiger partial charge in [-0.15, -0.1) is 0 Å². The second-order valence-electron chi connectivity index (χ2n) is 6.70. The van der Waals surface area contributed by atoms with Crippen LogP contribution >= 0.6 is 0 Å². The molecule has 4 heteroatoms. The molecule has 0 radical (unpaired) electrons. The second-order valence-corrected chi connectivity index (χ2v) is 6.70. The maximum absolute atomic E-state index is 10.3. The van der Waals surface area contributed by atoms with Gasteiger partial charge in [0.1, 0.15) is 11.8 Å². The number of benzene rings is 1. The van der Waals surface area contributed by atoms with Gasteiger partial charge >= 0.3 is 0 Å². The van der Waals surface area contributed by atoms with Crippen LogP contribution in [0.15, 0.2) is 34.7 Å². The molecule has 3 rings (SSSR count). The standard InChI is InChI=1S/C19H26N2O2/c1-14(2)17(22)18-20-16(13-15-9-5-3-6-10-15)19(23-18)21-11-7-4-8-12-21/h3,5-6,9-10,14,17,22H,4,7-8,11-13H2,1-2H3/t17-/m0/s1. The van der Waals surface area contributed by atoms with Crippen molar-refractivity contribution in [1.29, 1.82) is 0 Å². The number of aliphatic hydroxyl groups is 1. The lowest BCUT2D eigenvalue weighted by Crippen LogP contribution is -2.29. The van der Waals surface area contributed by atoms with Crippen molar-refractivity contribution in [2.45, 2.75) is 45.6 Å². The monoisotopic (exact) mass is 314 g/mol. The molecule has 1 saturated heterocycles. The van der Waals surface area contributed by atoms with Gasteiger partial charge in [0.05, 0.1) is 0 Å². The first kappa shape index (κ1) is 16.1. The molecule has 4 nitrogen and oxygen atoms in total. The van der Waals surface area contributed by atoms with Crippen molar-refractivity contribution in [1.82, 2.24) is 4.98 Å². The molecule has 0 bridgehead atoms. The lowest BCUT2D eigenvalue weighted by Gasteiger charge is -2.26. The van der Waals surface area contributed by atoms with E-state index in [2.05, 4.69) is 22.0 Å². The molecule has 1 fully saturated rings. The van der Waals surface area contributed by atoms with Gasteiger partial charge in [0.2, 0.25) is 11.8 Å². The van der Waals surface area contributed by atoms with E-state index in [0.29, 0.717) is 5.89 Å². The van der Waals surface area contributed by atoms with Crippen LogP contribution in [0.5, 0.6) is 0 Å². The first-order valence-corrected chi connectivity index (χ1v) is 8.61. The highest BCUT2D eigenvalue weighted by atomic mass is 16.4. The summed E-state index contributed by atoms with van der Waals surface area (Å²) in [5, 5.41) is 10.3. The van der Waals surface area contributed by atoms with E-state index in [0.717, 1.165) is 31.1 Å². The van der Waals surface area contributed by atoms with Crippen LogP contribution in [-0.2, 0) is 6.42 Å². The van der Waals surface area contributed by atoms with E-state index in [9.17, 15) is 5.11 Å². The summed E-state index contributed by atoms with van der Waals surface area (Å²) in [5.41, 5.74) is 2.15. The molecule has 1 N–H and O–H groups in total. The van der Waals surface area contributed by atoms with Crippen molar-refractivity contribution in [3.8, 4) is 0 Å². The van der Waals surface area contributed by atoms with E-state index in [1.807, 2.05) is 32.0 Å². The Labute approximate surface area is 138 Å². The number of oxazole rings is 1. The van der Waals surface area contributed by atoms with Crippen LogP contribution in [0.25, 0.3) is 0 Å². The highest BCUT2D eigenvalue weighted by Gasteiger charge is 2.25. The molecular weight excluding hydrogens is 288 g/mol. The lowest BCUT2D eigenvalue weighted by atomic mass is 10.1.